The number of H-pyrrole nitrogens is 1. The standard InChI is InChI=1S/C18H20N4S/c1-11-8-12(2)18(13(3)9-11)20-14(4)16-6-7-17(21-16)15(5)22-23-10-19/h6-9,21H,1-5H3/b20-14?,22-15+. The molecule has 118 valence electrons. The van der Waals surface area contributed by atoms with Crippen molar-refractivity contribution < 1.29 is 0 Å². The molecule has 1 heterocycles. The van der Waals surface area contributed by atoms with E-state index in [0.29, 0.717) is 0 Å². The number of aliphatic imine (C=N–C) groups is 1. The number of rotatable bonds is 4. The maximum absolute atomic E-state index is 8.57. The second-order valence-corrected chi connectivity index (χ2v) is 6.14. The SMILES string of the molecule is CC(=Nc1c(C)cc(C)cc1C)c1ccc(/C(C)=N/SC#N)[nH]1. The summed E-state index contributed by atoms with van der Waals surface area (Å²) in [5.74, 6) is 0. The first kappa shape index (κ1) is 17.0. The molecule has 0 saturated heterocycles. The van der Waals surface area contributed by atoms with E-state index >= 15 is 0 Å². The minimum Gasteiger partial charge on any atom is -0.353 e. The Hall–Kier alpha value is -2.32. The van der Waals surface area contributed by atoms with Gasteiger partial charge in [0, 0.05) is 0 Å². The first-order valence-electron chi connectivity index (χ1n) is 7.35. The van der Waals surface area contributed by atoms with Crippen molar-refractivity contribution in [2.24, 2.45) is 9.39 Å². The van der Waals surface area contributed by atoms with Gasteiger partial charge in [0.1, 0.15) is 0 Å². The van der Waals surface area contributed by atoms with Crippen LogP contribution < -0.4 is 0 Å². The summed E-state index contributed by atoms with van der Waals surface area (Å²) in [5.41, 5.74) is 8.19. The highest BCUT2D eigenvalue weighted by Gasteiger charge is 2.07. The Morgan fingerprint density at radius 2 is 1.61 bits per heavy atom. The van der Waals surface area contributed by atoms with Gasteiger partial charge in [-0.3, -0.25) is 4.99 Å². The number of hydrogen-bond acceptors (Lipinski definition) is 4. The van der Waals surface area contributed by atoms with Crippen LogP contribution in [0, 0.1) is 31.4 Å². The fourth-order valence-electron chi connectivity index (χ4n) is 2.53. The molecule has 4 nitrogen and oxygen atoms in total. The minimum absolute atomic E-state index is 0.790. The lowest BCUT2D eigenvalue weighted by Gasteiger charge is -2.08. The van der Waals surface area contributed by atoms with Crippen molar-refractivity contribution in [1.29, 1.82) is 5.26 Å². The molecule has 1 aromatic heterocycles. The highest BCUT2D eigenvalue weighted by atomic mass is 32.2. The van der Waals surface area contributed by atoms with Gasteiger partial charge in [-0.25, -0.2) is 4.40 Å². The summed E-state index contributed by atoms with van der Waals surface area (Å²) in [6.45, 7) is 10.1. The van der Waals surface area contributed by atoms with Crippen LogP contribution in [0.5, 0.6) is 0 Å². The van der Waals surface area contributed by atoms with Gasteiger partial charge in [-0.05, 0) is 57.9 Å². The fourth-order valence-corrected chi connectivity index (χ4v) is 2.81. The van der Waals surface area contributed by atoms with Gasteiger partial charge in [0.25, 0.3) is 0 Å². The van der Waals surface area contributed by atoms with E-state index in [0.717, 1.165) is 40.4 Å². The van der Waals surface area contributed by atoms with Crippen molar-refractivity contribution >= 4 is 29.1 Å². The molecule has 1 N–H and O–H groups in total. The number of benzene rings is 1. The van der Waals surface area contributed by atoms with Crippen LogP contribution in [0.4, 0.5) is 5.69 Å². The fraction of sp³-hybridized carbons (Fsp3) is 0.278. The summed E-state index contributed by atoms with van der Waals surface area (Å²) in [5, 5.41) is 10.5. The van der Waals surface area contributed by atoms with Crippen molar-refractivity contribution in [3.63, 3.8) is 0 Å². The van der Waals surface area contributed by atoms with Crippen LogP contribution in [0.2, 0.25) is 0 Å². The number of nitrogens with zero attached hydrogens (tertiary/aromatic N) is 3. The summed E-state index contributed by atoms with van der Waals surface area (Å²) in [4.78, 5) is 8.10. The second-order valence-electron chi connectivity index (χ2n) is 5.59. The summed E-state index contributed by atoms with van der Waals surface area (Å²) in [6.07, 6.45) is 0. The van der Waals surface area contributed by atoms with Crippen LogP contribution in [-0.4, -0.2) is 16.4 Å². The topological polar surface area (TPSA) is 64.3 Å². The molecule has 0 fully saturated rings. The first-order valence-corrected chi connectivity index (χ1v) is 8.12. The summed E-state index contributed by atoms with van der Waals surface area (Å²) in [6, 6.07) is 8.24. The van der Waals surface area contributed by atoms with Gasteiger partial charge in [0.15, 0.2) is 5.40 Å². The van der Waals surface area contributed by atoms with E-state index < -0.39 is 0 Å². The largest absolute Gasteiger partial charge is 0.353 e. The van der Waals surface area contributed by atoms with Gasteiger partial charge in [0.05, 0.1) is 40.4 Å². The molecule has 5 heteroatoms. The Labute approximate surface area is 141 Å². The van der Waals surface area contributed by atoms with Crippen LogP contribution in [0.1, 0.15) is 41.9 Å². The molecule has 0 aliphatic heterocycles. The Morgan fingerprint density at radius 3 is 2.17 bits per heavy atom. The van der Waals surface area contributed by atoms with E-state index in [1.54, 1.807) is 0 Å². The van der Waals surface area contributed by atoms with E-state index in [1.807, 2.05) is 31.4 Å². The van der Waals surface area contributed by atoms with Crippen LogP contribution in [0.25, 0.3) is 0 Å². The normalized spacial score (nSPS) is 12.3. The number of hydrogen-bond donors (Lipinski definition) is 1. The second kappa shape index (κ2) is 7.30. The van der Waals surface area contributed by atoms with Crippen molar-refractivity contribution in [1.82, 2.24) is 4.98 Å². The van der Waals surface area contributed by atoms with Crippen LogP contribution in [0.3, 0.4) is 0 Å². The van der Waals surface area contributed by atoms with Crippen molar-refractivity contribution in [3.8, 4) is 5.40 Å². The maximum Gasteiger partial charge on any atom is 0.157 e. The lowest BCUT2D eigenvalue weighted by molar-refractivity contribution is 1.27. The number of nitriles is 1. The predicted molar refractivity (Wildman–Crippen MR) is 98.7 cm³/mol. The van der Waals surface area contributed by atoms with E-state index in [4.69, 9.17) is 10.3 Å². The Balaban J connectivity index is 2.33. The molecule has 0 radical (unpaired) electrons. The minimum atomic E-state index is 0.790. The Morgan fingerprint density at radius 1 is 1.04 bits per heavy atom. The summed E-state index contributed by atoms with van der Waals surface area (Å²) >= 11 is 0.880. The number of aryl methyl sites for hydroxylation is 3. The highest BCUT2D eigenvalue weighted by Crippen LogP contribution is 2.26. The van der Waals surface area contributed by atoms with E-state index in [9.17, 15) is 0 Å². The molecule has 0 amide bonds. The van der Waals surface area contributed by atoms with Gasteiger partial charge in [0.2, 0.25) is 0 Å². The van der Waals surface area contributed by atoms with Crippen molar-refractivity contribution in [3.05, 3.63) is 52.3 Å². The molecule has 0 spiro atoms. The van der Waals surface area contributed by atoms with Crippen LogP contribution in [0.15, 0.2) is 33.7 Å². The molecule has 2 rings (SSSR count). The van der Waals surface area contributed by atoms with Crippen molar-refractivity contribution in [2.45, 2.75) is 34.6 Å². The molecule has 0 saturated carbocycles. The molecule has 0 atom stereocenters. The lowest BCUT2D eigenvalue weighted by Crippen LogP contribution is -1.99. The smallest absolute Gasteiger partial charge is 0.157 e. The maximum atomic E-state index is 8.57. The zero-order chi connectivity index (χ0) is 17.0. The number of nitrogens with one attached hydrogen (secondary N) is 1. The molecule has 1 aromatic carbocycles. The van der Waals surface area contributed by atoms with Crippen molar-refractivity contribution in [2.75, 3.05) is 0 Å². The molecule has 0 aliphatic carbocycles. The zero-order valence-electron chi connectivity index (χ0n) is 14.1. The Kier molecular flexibility index (Phi) is 5.41. The number of aromatic amines is 1. The van der Waals surface area contributed by atoms with Gasteiger partial charge < -0.3 is 4.98 Å². The van der Waals surface area contributed by atoms with Gasteiger partial charge in [-0.1, -0.05) is 17.7 Å². The van der Waals surface area contributed by atoms with Gasteiger partial charge in [-0.15, -0.1) is 0 Å². The molecule has 0 unspecified atom stereocenters. The molecule has 0 aliphatic rings. The molecule has 23 heavy (non-hydrogen) atoms. The quantitative estimate of drug-likeness (QED) is 0.487. The molecule has 2 aromatic rings. The van der Waals surface area contributed by atoms with E-state index in [2.05, 4.69) is 42.3 Å². The first-order chi connectivity index (χ1) is 10.9. The van der Waals surface area contributed by atoms with Gasteiger partial charge in [-0.2, -0.15) is 5.26 Å². The lowest BCUT2D eigenvalue weighted by atomic mass is 10.1. The number of aromatic nitrogens is 1. The van der Waals surface area contributed by atoms with Crippen LogP contribution >= 0.6 is 11.9 Å². The van der Waals surface area contributed by atoms with Gasteiger partial charge >= 0.3 is 0 Å². The monoisotopic (exact) mass is 324 g/mol. The summed E-state index contributed by atoms with van der Waals surface area (Å²) in [7, 11) is 0. The summed E-state index contributed by atoms with van der Waals surface area (Å²) < 4.78 is 4.11. The molecular formula is C18H20N4S. The third kappa shape index (κ3) is 4.11. The average Bonchev–Trinajstić information content (AvgIpc) is 2.98. The highest BCUT2D eigenvalue weighted by molar-refractivity contribution is 8.02. The number of thiocyanates is 1. The third-order valence-electron chi connectivity index (χ3n) is 3.60. The zero-order valence-corrected chi connectivity index (χ0v) is 14.9. The molecular weight excluding hydrogens is 304 g/mol. The third-order valence-corrected chi connectivity index (χ3v) is 4.05. The van der Waals surface area contributed by atoms with Crippen LogP contribution in [-0.2, 0) is 0 Å². The Bertz CT molecular complexity index is 799. The molecule has 0 bridgehead atoms. The van der Waals surface area contributed by atoms with E-state index in [-0.39, 0.29) is 0 Å². The van der Waals surface area contributed by atoms with E-state index in [1.165, 1.54) is 16.7 Å². The average molecular weight is 324 g/mol. The predicted octanol–water partition coefficient (Wildman–Crippen LogP) is 5.02.